The van der Waals surface area contributed by atoms with E-state index in [0.717, 1.165) is 45.3 Å². The first-order chi connectivity index (χ1) is 35.7. The third-order valence-electron chi connectivity index (χ3n) is 16.1. The second kappa shape index (κ2) is 16.3. The Morgan fingerprint density at radius 2 is 0.836 bits per heavy atom. The lowest BCUT2D eigenvalue weighted by Crippen LogP contribution is -2.17. The lowest BCUT2D eigenvalue weighted by molar-refractivity contribution is 0.660. The van der Waals surface area contributed by atoms with Gasteiger partial charge in [-0.3, -0.25) is 0 Å². The number of nitrogens with zero attached hydrogens (tertiary/aromatic N) is 3. The summed E-state index contributed by atoms with van der Waals surface area (Å²) >= 11 is 0. The molecule has 2 aliphatic carbocycles. The van der Waals surface area contributed by atoms with Crippen LogP contribution in [0.1, 0.15) is 49.9 Å². The Morgan fingerprint density at radius 3 is 1.55 bits per heavy atom. The van der Waals surface area contributed by atoms with Crippen molar-refractivity contribution in [2.45, 2.75) is 38.5 Å². The summed E-state index contributed by atoms with van der Waals surface area (Å²) in [4.78, 5) is 4.90. The first kappa shape index (κ1) is 42.9. The predicted molar refractivity (Wildman–Crippen MR) is 308 cm³/mol. The highest BCUT2D eigenvalue weighted by Crippen LogP contribution is 2.53. The molecule has 0 fully saturated rings. The quantitative estimate of drug-likeness (QED) is 0.150. The molecule has 0 aliphatic heterocycles. The Kier molecular flexibility index (Phi) is 9.59. The summed E-state index contributed by atoms with van der Waals surface area (Å²) in [6, 6.07) is 92.3. The highest BCUT2D eigenvalue weighted by Gasteiger charge is 2.37. The summed E-state index contributed by atoms with van der Waals surface area (Å²) in [5.74, 6) is 0. The molecule has 348 valence electrons. The Balaban J connectivity index is 1.00. The van der Waals surface area contributed by atoms with E-state index in [2.05, 4.69) is 291 Å². The minimum Gasteiger partial charge on any atom is -0.310 e. The van der Waals surface area contributed by atoms with Gasteiger partial charge in [0, 0.05) is 61.1 Å². The molecule has 0 N–H and O–H groups in total. The average molecular weight is 936 g/mol. The number of hydrogen-bond donors (Lipinski definition) is 0. The Morgan fingerprint density at radius 1 is 0.301 bits per heavy atom. The van der Waals surface area contributed by atoms with Gasteiger partial charge in [0.25, 0.3) is 0 Å². The van der Waals surface area contributed by atoms with Gasteiger partial charge in [-0.25, -0.2) is 0 Å². The fraction of sp³-hybridized carbons (Fsp3) is 0.0857. The van der Waals surface area contributed by atoms with Crippen molar-refractivity contribution in [2.24, 2.45) is 0 Å². The largest absolute Gasteiger partial charge is 0.310 e. The minimum atomic E-state index is -0.161. The number of rotatable bonds is 8. The third-order valence-corrected chi connectivity index (χ3v) is 16.1. The van der Waals surface area contributed by atoms with Gasteiger partial charge in [0.1, 0.15) is 0 Å². The van der Waals surface area contributed by atoms with Crippen molar-refractivity contribution in [2.75, 3.05) is 9.80 Å². The number of aromatic nitrogens is 1. The molecule has 0 amide bonds. The molecule has 0 saturated carbocycles. The van der Waals surface area contributed by atoms with E-state index < -0.39 is 0 Å². The topological polar surface area (TPSA) is 11.4 Å². The molecular weight excluding hydrogens is 883 g/mol. The smallest absolute Gasteiger partial charge is 0.0541 e. The van der Waals surface area contributed by atoms with Gasteiger partial charge >= 0.3 is 0 Å². The summed E-state index contributed by atoms with van der Waals surface area (Å²) in [5, 5.41) is 4.84. The van der Waals surface area contributed by atoms with Crippen LogP contribution in [0.2, 0.25) is 0 Å². The molecule has 0 saturated heterocycles. The van der Waals surface area contributed by atoms with E-state index >= 15 is 0 Å². The van der Waals surface area contributed by atoms with Crippen molar-refractivity contribution in [3.63, 3.8) is 0 Å². The molecule has 3 heteroatoms. The van der Waals surface area contributed by atoms with Crippen molar-refractivity contribution < 1.29 is 0 Å². The van der Waals surface area contributed by atoms with Crippen LogP contribution in [0.25, 0.3) is 71.6 Å². The van der Waals surface area contributed by atoms with Crippen molar-refractivity contribution in [3.05, 3.63) is 271 Å². The summed E-state index contributed by atoms with van der Waals surface area (Å²) in [6.45, 7) is 9.47. The minimum absolute atomic E-state index is 0.106. The van der Waals surface area contributed by atoms with Crippen LogP contribution in [0.5, 0.6) is 0 Å². The standard InChI is InChI=1S/C70H53N3/c1-69(2)62-30-16-13-27-56(62)58-37-35-51(44-64(58)69)71(49-22-7-5-8-23-49)53-40-48(41-54(43-53)72(50-24-9-6-10-25-50)66-33-19-21-46-20-11-12-26-55(46)66)47-34-39-68-61(42-47)60-29-15-18-32-67(60)73(68)52-36-38-59-57-28-14-17-31-63(57)70(3,4)65(59)45-52/h5-45H,1-4H3. The highest BCUT2D eigenvalue weighted by molar-refractivity contribution is 6.11. The van der Waals surface area contributed by atoms with E-state index in [0.29, 0.717) is 0 Å². The summed E-state index contributed by atoms with van der Waals surface area (Å²) in [6.07, 6.45) is 0. The summed E-state index contributed by atoms with van der Waals surface area (Å²) in [5.41, 5.74) is 22.9. The molecule has 73 heavy (non-hydrogen) atoms. The maximum absolute atomic E-state index is 2.47. The Hall–Kier alpha value is -8.92. The highest BCUT2D eigenvalue weighted by atomic mass is 15.2. The number of hydrogen-bond acceptors (Lipinski definition) is 2. The molecule has 0 atom stereocenters. The van der Waals surface area contributed by atoms with Crippen LogP contribution in [-0.4, -0.2) is 4.57 Å². The van der Waals surface area contributed by atoms with Crippen molar-refractivity contribution >= 4 is 66.7 Å². The van der Waals surface area contributed by atoms with Gasteiger partial charge in [0.15, 0.2) is 0 Å². The SMILES string of the molecule is CC1(C)c2ccccc2-c2ccc(N(c3ccccc3)c3cc(-c4ccc5c(c4)c4ccccc4n5-c4ccc5c(c4)C(C)(C)c4ccccc4-5)cc(N(c4ccccc4)c4cccc5ccccc45)c3)cc21. The maximum atomic E-state index is 2.47. The maximum Gasteiger partial charge on any atom is 0.0541 e. The fourth-order valence-corrected chi connectivity index (χ4v) is 12.5. The first-order valence-corrected chi connectivity index (χ1v) is 25.6. The molecule has 11 aromatic carbocycles. The molecular formula is C70H53N3. The number of anilines is 6. The van der Waals surface area contributed by atoms with E-state index in [9.17, 15) is 0 Å². The summed E-state index contributed by atoms with van der Waals surface area (Å²) < 4.78 is 2.47. The molecule has 0 bridgehead atoms. The van der Waals surface area contributed by atoms with E-state index in [-0.39, 0.29) is 10.8 Å². The predicted octanol–water partition coefficient (Wildman–Crippen LogP) is 19.2. The molecule has 2 aliphatic rings. The first-order valence-electron chi connectivity index (χ1n) is 25.6. The van der Waals surface area contributed by atoms with Gasteiger partial charge in [0.05, 0.1) is 16.7 Å². The van der Waals surface area contributed by atoms with Crippen LogP contribution in [-0.2, 0) is 10.8 Å². The lowest BCUT2D eigenvalue weighted by Gasteiger charge is -2.31. The van der Waals surface area contributed by atoms with E-state index in [4.69, 9.17) is 0 Å². The zero-order valence-electron chi connectivity index (χ0n) is 41.5. The number of benzene rings is 11. The van der Waals surface area contributed by atoms with E-state index in [1.165, 1.54) is 82.8 Å². The molecule has 12 aromatic rings. The molecule has 1 heterocycles. The van der Waals surface area contributed by atoms with Crippen LogP contribution < -0.4 is 9.80 Å². The molecule has 0 radical (unpaired) electrons. The second-order valence-electron chi connectivity index (χ2n) is 21.0. The Labute approximate surface area is 427 Å². The van der Waals surface area contributed by atoms with E-state index in [1.54, 1.807) is 0 Å². The monoisotopic (exact) mass is 935 g/mol. The van der Waals surface area contributed by atoms with Crippen molar-refractivity contribution in [1.29, 1.82) is 0 Å². The van der Waals surface area contributed by atoms with Crippen molar-refractivity contribution in [3.8, 4) is 39.1 Å². The van der Waals surface area contributed by atoms with Gasteiger partial charge in [0.2, 0.25) is 0 Å². The summed E-state index contributed by atoms with van der Waals surface area (Å²) in [7, 11) is 0. The van der Waals surface area contributed by atoms with Gasteiger partial charge in [-0.15, -0.1) is 0 Å². The van der Waals surface area contributed by atoms with Crippen LogP contribution in [0.3, 0.4) is 0 Å². The van der Waals surface area contributed by atoms with Gasteiger partial charge in [-0.05, 0) is 152 Å². The number of fused-ring (bicyclic) bond motifs is 10. The average Bonchev–Trinajstić information content (AvgIpc) is 3.98. The number of para-hydroxylation sites is 3. The Bertz CT molecular complexity index is 4150. The van der Waals surface area contributed by atoms with Gasteiger partial charge in [-0.2, -0.15) is 0 Å². The molecule has 1 aromatic heterocycles. The zero-order valence-corrected chi connectivity index (χ0v) is 41.5. The van der Waals surface area contributed by atoms with Crippen molar-refractivity contribution in [1.82, 2.24) is 4.57 Å². The normalized spacial score (nSPS) is 13.7. The second-order valence-corrected chi connectivity index (χ2v) is 21.0. The lowest BCUT2D eigenvalue weighted by atomic mass is 9.82. The van der Waals surface area contributed by atoms with E-state index in [1.807, 2.05) is 0 Å². The van der Waals surface area contributed by atoms with Crippen LogP contribution >= 0.6 is 0 Å². The molecule has 0 unspecified atom stereocenters. The van der Waals surface area contributed by atoms with Crippen LogP contribution in [0.15, 0.2) is 249 Å². The molecule has 14 rings (SSSR count). The van der Waals surface area contributed by atoms with Gasteiger partial charge < -0.3 is 14.4 Å². The van der Waals surface area contributed by atoms with Crippen LogP contribution in [0.4, 0.5) is 34.1 Å². The molecule has 3 nitrogen and oxygen atoms in total. The van der Waals surface area contributed by atoms with Gasteiger partial charge in [-0.1, -0.05) is 185 Å². The fourth-order valence-electron chi connectivity index (χ4n) is 12.5. The molecule has 0 spiro atoms. The third kappa shape index (κ3) is 6.65. The zero-order chi connectivity index (χ0) is 49.0. The van der Waals surface area contributed by atoms with Crippen LogP contribution in [0, 0.1) is 0 Å².